The van der Waals surface area contributed by atoms with Crippen LogP contribution in [0.5, 0.6) is 23.0 Å². The maximum absolute atomic E-state index is 13.6. The topological polar surface area (TPSA) is 208 Å². The lowest BCUT2D eigenvalue weighted by Gasteiger charge is -2.24. The number of para-hydroxylation sites is 2. The lowest BCUT2D eigenvalue weighted by Crippen LogP contribution is -2.36. The number of hydrogen-bond acceptors (Lipinski definition) is 16. The van der Waals surface area contributed by atoms with Crippen molar-refractivity contribution in [3.8, 4) is 23.0 Å². The Morgan fingerprint density at radius 2 is 0.690 bits per heavy atom. The number of rotatable bonds is 22. The first-order chi connectivity index (χ1) is 27.9. The van der Waals surface area contributed by atoms with Gasteiger partial charge in [-0.2, -0.15) is 0 Å². The number of carbonyl (C=O) groups excluding carboxylic acids is 6. The molecule has 0 aliphatic rings. The summed E-state index contributed by atoms with van der Waals surface area (Å²) in [5.74, 6) is -2.93. The molecule has 0 N–H and O–H groups in total. The van der Waals surface area contributed by atoms with Crippen molar-refractivity contribution in [3.05, 3.63) is 47.5 Å². The molecular weight excluding hydrogens is 768 g/mol. The fraction of sp³-hybridized carbons (Fsp3) is 0.526. The average Bonchev–Trinajstić information content (AvgIpc) is 3.21. The third-order valence-electron chi connectivity index (χ3n) is 7.70. The Labute approximate surface area is 337 Å². The van der Waals surface area contributed by atoms with E-state index in [1.807, 2.05) is 0 Å². The highest BCUT2D eigenvalue weighted by Gasteiger charge is 2.27. The van der Waals surface area contributed by atoms with E-state index in [-0.39, 0.29) is 100 Å². The highest BCUT2D eigenvalue weighted by atomic mass is 17.2. The summed E-state index contributed by atoms with van der Waals surface area (Å²) < 4.78 is 43.8. The zero-order valence-corrected chi connectivity index (χ0v) is 34.3. The van der Waals surface area contributed by atoms with Crippen LogP contribution in [0.4, 0.5) is 19.2 Å². The second-order valence-corrected chi connectivity index (χ2v) is 11.3. The van der Waals surface area contributed by atoms with Crippen LogP contribution in [0.1, 0.15) is 76.1 Å². The van der Waals surface area contributed by atoms with Crippen LogP contribution in [0, 0.1) is 0 Å². The minimum atomic E-state index is -1.21. The van der Waals surface area contributed by atoms with Gasteiger partial charge < -0.3 is 37.9 Å². The van der Waals surface area contributed by atoms with E-state index in [1.165, 1.54) is 56.0 Å². The third-order valence-corrected chi connectivity index (χ3v) is 7.70. The Kier molecular flexibility index (Phi) is 21.2. The van der Waals surface area contributed by atoms with Crippen molar-refractivity contribution in [2.45, 2.75) is 55.4 Å². The fourth-order valence-corrected chi connectivity index (χ4v) is 4.57. The summed E-state index contributed by atoms with van der Waals surface area (Å²) in [7, 11) is 0. The number of carbonyl (C=O) groups is 6. The van der Waals surface area contributed by atoms with Crippen LogP contribution in [0.25, 0.3) is 0 Å². The largest absolute Gasteiger partial charge is 0.469 e. The molecule has 322 valence electrons. The molecule has 0 radical (unpaired) electrons. The molecule has 0 saturated heterocycles. The first-order valence-corrected chi connectivity index (χ1v) is 18.8. The highest BCUT2D eigenvalue weighted by Crippen LogP contribution is 2.34. The van der Waals surface area contributed by atoms with Gasteiger partial charge >= 0.3 is 36.3 Å². The normalized spacial score (nSPS) is 10.3. The van der Waals surface area contributed by atoms with Gasteiger partial charge in [-0.3, -0.25) is 19.6 Å². The Bertz CT molecular complexity index is 1540. The van der Waals surface area contributed by atoms with Crippen molar-refractivity contribution in [3.63, 3.8) is 0 Å². The first-order valence-electron chi connectivity index (χ1n) is 18.8. The first kappa shape index (κ1) is 47.8. The van der Waals surface area contributed by atoms with Gasteiger partial charge in [-0.1, -0.05) is 12.1 Å². The van der Waals surface area contributed by atoms with E-state index >= 15 is 0 Å². The third kappa shape index (κ3) is 14.3. The Balaban J connectivity index is 2.47. The van der Waals surface area contributed by atoms with Crippen LogP contribution in [0.3, 0.4) is 0 Å². The second kappa shape index (κ2) is 25.7. The smallest absolute Gasteiger partial charge is 0.412 e. The molecule has 20 heteroatoms. The van der Waals surface area contributed by atoms with Gasteiger partial charge in [0.2, 0.25) is 0 Å². The molecule has 0 aliphatic carbocycles. The van der Waals surface area contributed by atoms with Gasteiger partial charge in [0, 0.05) is 26.2 Å². The minimum Gasteiger partial charge on any atom is -0.469 e. The van der Waals surface area contributed by atoms with Gasteiger partial charge in [-0.25, -0.2) is 38.5 Å². The van der Waals surface area contributed by atoms with Crippen LogP contribution < -0.4 is 18.9 Å². The molecule has 4 amide bonds. The molecule has 58 heavy (non-hydrogen) atoms. The molecule has 20 nitrogen and oxygen atoms in total. The molecule has 0 aromatic heterocycles. The van der Waals surface area contributed by atoms with Crippen molar-refractivity contribution in [1.82, 2.24) is 19.6 Å². The van der Waals surface area contributed by atoms with Gasteiger partial charge in [-0.15, -0.1) is 0 Å². The molecule has 0 aliphatic heterocycles. The van der Waals surface area contributed by atoms with Crippen molar-refractivity contribution >= 4 is 36.3 Å². The molecule has 0 bridgehead atoms. The van der Waals surface area contributed by atoms with E-state index in [4.69, 9.17) is 47.7 Å². The molecule has 2 rings (SSSR count). The molecular formula is C38H54N4O16. The van der Waals surface area contributed by atoms with E-state index in [9.17, 15) is 28.8 Å². The molecule has 0 unspecified atom stereocenters. The van der Waals surface area contributed by atoms with Crippen molar-refractivity contribution in [2.24, 2.45) is 0 Å². The monoisotopic (exact) mass is 822 g/mol. The van der Waals surface area contributed by atoms with Gasteiger partial charge in [0.05, 0.1) is 26.4 Å². The minimum absolute atomic E-state index is 0.0324. The highest BCUT2D eigenvalue weighted by molar-refractivity contribution is 5.96. The van der Waals surface area contributed by atoms with Crippen molar-refractivity contribution in [1.29, 1.82) is 0 Å². The molecule has 0 saturated carbocycles. The predicted molar refractivity (Wildman–Crippen MR) is 203 cm³/mol. The maximum Gasteiger partial charge on any atom is 0.412 e. The molecule has 0 heterocycles. The predicted octanol–water partition coefficient (Wildman–Crippen LogP) is 5.87. The van der Waals surface area contributed by atoms with Crippen LogP contribution in [0.2, 0.25) is 0 Å². The Hall–Kier alpha value is -6.34. The zero-order chi connectivity index (χ0) is 43.0. The number of ether oxygens (including phenoxy) is 8. The summed E-state index contributed by atoms with van der Waals surface area (Å²) in [5.41, 5.74) is -0.575. The van der Waals surface area contributed by atoms with E-state index in [2.05, 4.69) is 0 Å². The molecule has 0 fully saturated rings. The summed E-state index contributed by atoms with van der Waals surface area (Å²) in [4.78, 5) is 91.8. The van der Waals surface area contributed by atoms with Gasteiger partial charge in [0.15, 0.2) is 49.9 Å². The Morgan fingerprint density at radius 3 is 0.948 bits per heavy atom. The number of nitrogens with zero attached hydrogens (tertiary/aromatic N) is 4. The van der Waals surface area contributed by atoms with Gasteiger partial charge in [-0.05, 0) is 79.7 Å². The summed E-state index contributed by atoms with van der Waals surface area (Å²) in [6.45, 7) is 13.2. The van der Waals surface area contributed by atoms with E-state index in [0.717, 1.165) is 0 Å². The summed E-state index contributed by atoms with van der Waals surface area (Å²) in [6.07, 6.45) is -2.65. The molecule has 2 aromatic rings. The standard InChI is InChI=1S/C38H54N4O16/c1-9-39(35(45)49-13-5)23-53-29-21-17-19-27(31(29)55-25-41(11-3)37(47)51-15-7)33(43)57-58-34(44)28-20-18-22-30(54-24-40(10-2)36(46)50-14-6)32(28)56-26-42(12-4)38(48)52-16-8/h17-22H,9-16,23-26H2,1-8H3. The zero-order valence-electron chi connectivity index (χ0n) is 34.3. The lowest BCUT2D eigenvalue weighted by atomic mass is 10.2. The quantitative estimate of drug-likeness (QED) is 0.0588. The average molecular weight is 823 g/mol. The van der Waals surface area contributed by atoms with Crippen LogP contribution in [-0.2, 0) is 28.7 Å². The summed E-state index contributed by atoms with van der Waals surface area (Å²) >= 11 is 0. The molecule has 0 spiro atoms. The van der Waals surface area contributed by atoms with Gasteiger partial charge in [0.25, 0.3) is 0 Å². The van der Waals surface area contributed by atoms with Crippen molar-refractivity contribution < 1.29 is 76.4 Å². The SMILES string of the molecule is CCOC(=O)N(CC)COc1cccc(C(=O)OOC(=O)c2cccc(OCN(CC)C(=O)OCC)c2OCN(CC)C(=O)OCC)c1OCN(CC)C(=O)OCC. The second-order valence-electron chi connectivity index (χ2n) is 11.3. The maximum atomic E-state index is 13.6. The van der Waals surface area contributed by atoms with E-state index < -0.39 is 49.8 Å². The van der Waals surface area contributed by atoms with E-state index in [1.54, 1.807) is 55.4 Å². The number of benzene rings is 2. The number of hydrogen-bond donors (Lipinski definition) is 0. The lowest BCUT2D eigenvalue weighted by molar-refractivity contribution is -0.187. The number of amides is 4. The van der Waals surface area contributed by atoms with Crippen LogP contribution >= 0.6 is 0 Å². The molecule has 2 aromatic carbocycles. The summed E-state index contributed by atoms with van der Waals surface area (Å²) in [5, 5.41) is 0. The fourth-order valence-electron chi connectivity index (χ4n) is 4.57. The van der Waals surface area contributed by atoms with Crippen molar-refractivity contribution in [2.75, 3.05) is 79.5 Å². The van der Waals surface area contributed by atoms with E-state index in [0.29, 0.717) is 0 Å². The Morgan fingerprint density at radius 1 is 0.414 bits per heavy atom. The van der Waals surface area contributed by atoms with Crippen LogP contribution in [-0.4, -0.2) is 135 Å². The van der Waals surface area contributed by atoms with Crippen LogP contribution in [0.15, 0.2) is 36.4 Å². The van der Waals surface area contributed by atoms with Gasteiger partial charge in [0.1, 0.15) is 11.1 Å². The molecule has 0 atom stereocenters. The summed E-state index contributed by atoms with van der Waals surface area (Å²) in [6, 6.07) is 8.34.